The fourth-order valence-corrected chi connectivity index (χ4v) is 3.57. The van der Waals surface area contributed by atoms with Crippen LogP contribution in [-0.2, 0) is 6.42 Å². The maximum atomic E-state index is 4.68. The number of aryl methyl sites for hydroxylation is 3. The second-order valence-electron chi connectivity index (χ2n) is 7.38. The van der Waals surface area contributed by atoms with Crippen molar-refractivity contribution in [2.45, 2.75) is 91.4 Å². The first kappa shape index (κ1) is 19.0. The van der Waals surface area contributed by atoms with Crippen LogP contribution in [0.3, 0.4) is 0 Å². The molecule has 0 unspecified atom stereocenters. The smallest absolute Gasteiger partial charge is 0.0708 e. The van der Waals surface area contributed by atoms with Gasteiger partial charge in [-0.3, -0.25) is 4.98 Å². The summed E-state index contributed by atoms with van der Waals surface area (Å²) in [7, 11) is 0. The molecule has 1 heteroatoms. The molecule has 0 radical (unpaired) electrons. The molecule has 0 bridgehead atoms. The quantitative estimate of drug-likeness (QED) is 0.394. The molecule has 1 aromatic heterocycles. The number of fused-ring (bicyclic) bond motifs is 1. The topological polar surface area (TPSA) is 12.9 Å². The van der Waals surface area contributed by atoms with Crippen LogP contribution in [0, 0.1) is 13.8 Å². The van der Waals surface area contributed by atoms with Gasteiger partial charge >= 0.3 is 0 Å². The lowest BCUT2D eigenvalue weighted by Crippen LogP contribution is -1.93. The Hall–Kier alpha value is -1.37. The van der Waals surface area contributed by atoms with E-state index in [4.69, 9.17) is 0 Å². The zero-order valence-corrected chi connectivity index (χ0v) is 16.0. The highest BCUT2D eigenvalue weighted by molar-refractivity contribution is 5.83. The molecule has 0 fully saturated rings. The molecule has 1 heterocycles. The molecule has 2 aromatic rings. The molecule has 0 saturated heterocycles. The summed E-state index contributed by atoms with van der Waals surface area (Å²) in [5.41, 5.74) is 5.12. The molecule has 1 nitrogen and oxygen atoms in total. The minimum absolute atomic E-state index is 1.15. The van der Waals surface area contributed by atoms with Gasteiger partial charge < -0.3 is 0 Å². The Morgan fingerprint density at radius 1 is 0.750 bits per heavy atom. The highest BCUT2D eigenvalue weighted by Gasteiger charge is 2.04. The number of pyridine rings is 1. The van der Waals surface area contributed by atoms with E-state index in [1.165, 1.54) is 87.1 Å². The highest BCUT2D eigenvalue weighted by Crippen LogP contribution is 2.22. The third-order valence-electron chi connectivity index (χ3n) is 4.98. The fraction of sp³-hybridized carbons (Fsp3) is 0.609. The third kappa shape index (κ3) is 6.26. The summed E-state index contributed by atoms with van der Waals surface area (Å²) in [5.74, 6) is 0. The van der Waals surface area contributed by atoms with Gasteiger partial charge in [0.15, 0.2) is 0 Å². The van der Waals surface area contributed by atoms with Crippen molar-refractivity contribution in [3.63, 3.8) is 0 Å². The molecule has 0 aliphatic carbocycles. The van der Waals surface area contributed by atoms with E-state index in [0.29, 0.717) is 0 Å². The number of nitrogens with zero attached hydrogens (tertiary/aromatic N) is 1. The Morgan fingerprint density at radius 3 is 2.04 bits per heavy atom. The van der Waals surface area contributed by atoms with Crippen molar-refractivity contribution >= 4 is 10.9 Å². The maximum absolute atomic E-state index is 4.68. The fourth-order valence-electron chi connectivity index (χ4n) is 3.57. The second kappa shape index (κ2) is 10.5. The molecule has 0 amide bonds. The van der Waals surface area contributed by atoms with Gasteiger partial charge in [0, 0.05) is 11.1 Å². The van der Waals surface area contributed by atoms with E-state index in [0.717, 1.165) is 11.2 Å². The molecule has 1 aromatic carbocycles. The average Bonchev–Trinajstić information content (AvgIpc) is 2.57. The van der Waals surface area contributed by atoms with E-state index >= 15 is 0 Å². The largest absolute Gasteiger partial charge is 0.253 e. The van der Waals surface area contributed by atoms with Crippen LogP contribution in [-0.4, -0.2) is 4.98 Å². The molecular formula is C23H35N. The van der Waals surface area contributed by atoms with Crippen molar-refractivity contribution in [2.75, 3.05) is 0 Å². The summed E-state index contributed by atoms with van der Waals surface area (Å²) in [6.07, 6.45) is 15.2. The van der Waals surface area contributed by atoms with Gasteiger partial charge in [-0.25, -0.2) is 0 Å². The highest BCUT2D eigenvalue weighted by atomic mass is 14.7. The summed E-state index contributed by atoms with van der Waals surface area (Å²) in [5, 5.41) is 1.36. The van der Waals surface area contributed by atoms with Gasteiger partial charge in [0.1, 0.15) is 0 Å². The van der Waals surface area contributed by atoms with E-state index in [2.05, 4.69) is 50.0 Å². The number of hydrogen-bond acceptors (Lipinski definition) is 1. The molecule has 2 rings (SSSR count). The zero-order chi connectivity index (χ0) is 17.2. The van der Waals surface area contributed by atoms with Gasteiger partial charge in [-0.15, -0.1) is 0 Å². The summed E-state index contributed by atoms with van der Waals surface area (Å²) in [4.78, 5) is 4.68. The standard InChI is InChI=1S/C23H35N/c1-4-5-6-7-8-9-10-11-12-13-14-21-18-20(3)24-23-16-15-19(2)17-22(21)23/h15-18H,4-14H2,1-3H3. The molecule has 132 valence electrons. The predicted octanol–water partition coefficient (Wildman–Crippen LogP) is 7.32. The number of unbranched alkanes of at least 4 members (excludes halogenated alkanes) is 9. The number of aromatic nitrogens is 1. The van der Waals surface area contributed by atoms with Crippen LogP contribution in [0.15, 0.2) is 24.3 Å². The molecule has 0 saturated carbocycles. The number of benzene rings is 1. The molecule has 24 heavy (non-hydrogen) atoms. The maximum Gasteiger partial charge on any atom is 0.0708 e. The minimum Gasteiger partial charge on any atom is -0.253 e. The molecule has 0 N–H and O–H groups in total. The van der Waals surface area contributed by atoms with E-state index in [1.807, 2.05) is 0 Å². The molecule has 0 spiro atoms. The Morgan fingerprint density at radius 2 is 1.38 bits per heavy atom. The third-order valence-corrected chi connectivity index (χ3v) is 4.98. The van der Waals surface area contributed by atoms with Crippen LogP contribution in [0.4, 0.5) is 0 Å². The summed E-state index contributed by atoms with van der Waals surface area (Å²) in [6, 6.07) is 8.92. The minimum atomic E-state index is 1.15. The Bertz CT molecular complexity index is 615. The molecular weight excluding hydrogens is 290 g/mol. The summed E-state index contributed by atoms with van der Waals surface area (Å²) < 4.78 is 0. The van der Waals surface area contributed by atoms with Crippen LogP contribution in [0.25, 0.3) is 10.9 Å². The monoisotopic (exact) mass is 325 g/mol. The van der Waals surface area contributed by atoms with Crippen LogP contribution in [0.2, 0.25) is 0 Å². The second-order valence-corrected chi connectivity index (χ2v) is 7.38. The van der Waals surface area contributed by atoms with Crippen molar-refractivity contribution in [1.82, 2.24) is 4.98 Å². The molecule has 0 aliphatic heterocycles. The van der Waals surface area contributed by atoms with Gasteiger partial charge in [-0.2, -0.15) is 0 Å². The summed E-state index contributed by atoms with van der Waals surface area (Å²) in [6.45, 7) is 6.57. The van der Waals surface area contributed by atoms with Gasteiger partial charge in [0.25, 0.3) is 0 Å². The zero-order valence-electron chi connectivity index (χ0n) is 16.0. The van der Waals surface area contributed by atoms with E-state index in [1.54, 1.807) is 0 Å². The van der Waals surface area contributed by atoms with Gasteiger partial charge in [0.2, 0.25) is 0 Å². The average molecular weight is 326 g/mol. The van der Waals surface area contributed by atoms with Crippen LogP contribution >= 0.6 is 0 Å². The van der Waals surface area contributed by atoms with Crippen LogP contribution < -0.4 is 0 Å². The Balaban J connectivity index is 1.71. The van der Waals surface area contributed by atoms with Gasteiger partial charge in [0.05, 0.1) is 5.52 Å². The van der Waals surface area contributed by atoms with Crippen molar-refractivity contribution in [3.05, 3.63) is 41.1 Å². The Kier molecular flexibility index (Phi) is 8.28. The number of rotatable bonds is 11. The SMILES string of the molecule is CCCCCCCCCCCCc1cc(C)nc2ccc(C)cc12. The number of hydrogen-bond donors (Lipinski definition) is 0. The first-order valence-corrected chi connectivity index (χ1v) is 10.1. The van der Waals surface area contributed by atoms with Crippen molar-refractivity contribution < 1.29 is 0 Å². The van der Waals surface area contributed by atoms with Crippen molar-refractivity contribution in [3.8, 4) is 0 Å². The molecule has 0 atom stereocenters. The lowest BCUT2D eigenvalue weighted by atomic mass is 9.99. The van der Waals surface area contributed by atoms with Crippen molar-refractivity contribution in [2.24, 2.45) is 0 Å². The first-order chi connectivity index (χ1) is 11.7. The first-order valence-electron chi connectivity index (χ1n) is 10.1. The van der Waals surface area contributed by atoms with Gasteiger partial charge in [-0.1, -0.05) is 76.3 Å². The Labute approximate surface area is 148 Å². The summed E-state index contributed by atoms with van der Waals surface area (Å²) >= 11 is 0. The van der Waals surface area contributed by atoms with Crippen molar-refractivity contribution in [1.29, 1.82) is 0 Å². The van der Waals surface area contributed by atoms with E-state index < -0.39 is 0 Å². The lowest BCUT2D eigenvalue weighted by Gasteiger charge is -2.09. The van der Waals surface area contributed by atoms with Crippen LogP contribution in [0.1, 0.15) is 88.0 Å². The van der Waals surface area contributed by atoms with Crippen LogP contribution in [0.5, 0.6) is 0 Å². The van der Waals surface area contributed by atoms with Gasteiger partial charge in [-0.05, 0) is 50.5 Å². The molecule has 0 aliphatic rings. The predicted molar refractivity (Wildman–Crippen MR) is 107 cm³/mol. The van der Waals surface area contributed by atoms with E-state index in [-0.39, 0.29) is 0 Å². The normalized spacial score (nSPS) is 11.3. The van der Waals surface area contributed by atoms with E-state index in [9.17, 15) is 0 Å². The lowest BCUT2D eigenvalue weighted by molar-refractivity contribution is 0.556.